The number of hydrogen-bond acceptors (Lipinski definition) is 6. The van der Waals surface area contributed by atoms with Crippen LogP contribution in [0, 0.1) is 5.82 Å². The number of rotatable bonds is 8. The summed E-state index contributed by atoms with van der Waals surface area (Å²) in [6.45, 7) is 0.381. The molecule has 1 unspecified atom stereocenters. The summed E-state index contributed by atoms with van der Waals surface area (Å²) in [5, 5.41) is 3.66. The highest BCUT2D eigenvalue weighted by Crippen LogP contribution is 2.26. The molecule has 1 saturated heterocycles. The number of carbonyl (C=O) groups is 2. The number of carbonyl (C=O) groups excluding carboxylic acids is 2. The van der Waals surface area contributed by atoms with E-state index in [1.807, 2.05) is 0 Å². The Hall–Kier alpha value is -3.12. The molecular weight excluding hydrogens is 515 g/mol. The molecule has 2 N–H and O–H groups in total. The minimum absolute atomic E-state index is 0.0221. The summed E-state index contributed by atoms with van der Waals surface area (Å²) in [7, 11) is -3.91. The monoisotopic (exact) mass is 534 g/mol. The Morgan fingerprint density at radius 3 is 2.69 bits per heavy atom. The van der Waals surface area contributed by atoms with E-state index < -0.39 is 33.7 Å². The second-order valence-electron chi connectivity index (χ2n) is 7.64. The molecule has 1 atom stereocenters. The number of anilines is 1. The Bertz CT molecular complexity index is 1380. The second-order valence-corrected chi connectivity index (χ2v) is 11.0. The zero-order chi connectivity index (χ0) is 25.0. The number of thiophene rings is 1. The van der Waals surface area contributed by atoms with Gasteiger partial charge in [-0.25, -0.2) is 12.8 Å². The smallest absolute Gasteiger partial charge is 0.251 e. The van der Waals surface area contributed by atoms with Crippen LogP contribution in [-0.2, 0) is 21.4 Å². The van der Waals surface area contributed by atoms with Crippen LogP contribution < -0.4 is 14.9 Å². The van der Waals surface area contributed by atoms with Crippen molar-refractivity contribution in [3.05, 3.63) is 86.4 Å². The highest BCUT2D eigenvalue weighted by atomic mass is 35.5. The van der Waals surface area contributed by atoms with E-state index in [-0.39, 0.29) is 30.8 Å². The molecule has 0 spiro atoms. The van der Waals surface area contributed by atoms with Crippen LogP contribution in [0.1, 0.15) is 27.2 Å². The standard InChI is InChI=1S/C23H20ClFN4O4S2/c24-21-4-2-17(34-21)8-12-35(32,33)28-19-7-11-29(23(19)31)20-3-1-16(13-18(20)25)22(30)27-14-15-5-9-26-10-6-15/h1-6,8-10,12-13,19,28H,7,11,14H2,(H,27,30). The normalized spacial score (nSPS) is 16.2. The van der Waals surface area contributed by atoms with Gasteiger partial charge in [-0.1, -0.05) is 11.6 Å². The summed E-state index contributed by atoms with van der Waals surface area (Å²) < 4.78 is 42.5. The zero-order valence-corrected chi connectivity index (χ0v) is 20.5. The largest absolute Gasteiger partial charge is 0.348 e. The van der Waals surface area contributed by atoms with Crippen molar-refractivity contribution in [3.8, 4) is 0 Å². The van der Waals surface area contributed by atoms with Gasteiger partial charge >= 0.3 is 0 Å². The average molecular weight is 535 g/mol. The highest BCUT2D eigenvalue weighted by Gasteiger charge is 2.36. The SMILES string of the molecule is O=C(NCc1ccncc1)c1ccc(N2CCC(NS(=O)(=O)C=Cc3ccc(Cl)s3)C2=O)c(F)c1. The topological polar surface area (TPSA) is 108 Å². The van der Waals surface area contributed by atoms with E-state index in [1.165, 1.54) is 34.4 Å². The molecular formula is C23H20ClFN4O4S2. The molecule has 0 saturated carbocycles. The third kappa shape index (κ3) is 6.31. The van der Waals surface area contributed by atoms with Gasteiger partial charge in [-0.15, -0.1) is 11.3 Å². The summed E-state index contributed by atoms with van der Waals surface area (Å²) in [6.07, 6.45) is 4.76. The van der Waals surface area contributed by atoms with Crippen molar-refractivity contribution in [2.75, 3.05) is 11.4 Å². The molecule has 0 bridgehead atoms. The Morgan fingerprint density at radius 1 is 1.23 bits per heavy atom. The summed E-state index contributed by atoms with van der Waals surface area (Å²) in [5.74, 6) is -1.80. The zero-order valence-electron chi connectivity index (χ0n) is 18.1. The van der Waals surface area contributed by atoms with Crippen LogP contribution in [-0.4, -0.2) is 37.8 Å². The van der Waals surface area contributed by atoms with Gasteiger partial charge < -0.3 is 10.2 Å². The van der Waals surface area contributed by atoms with E-state index in [9.17, 15) is 22.4 Å². The van der Waals surface area contributed by atoms with Crippen molar-refractivity contribution >= 4 is 56.5 Å². The molecule has 1 aliphatic rings. The Kier molecular flexibility index (Phi) is 7.60. The van der Waals surface area contributed by atoms with Gasteiger partial charge in [0.05, 0.1) is 10.0 Å². The predicted octanol–water partition coefficient (Wildman–Crippen LogP) is 3.56. The van der Waals surface area contributed by atoms with Crippen molar-refractivity contribution in [1.29, 1.82) is 0 Å². The molecule has 182 valence electrons. The highest BCUT2D eigenvalue weighted by molar-refractivity contribution is 7.92. The molecule has 2 aromatic heterocycles. The summed E-state index contributed by atoms with van der Waals surface area (Å²) in [4.78, 5) is 30.9. The van der Waals surface area contributed by atoms with Crippen molar-refractivity contribution in [2.45, 2.75) is 19.0 Å². The lowest BCUT2D eigenvalue weighted by atomic mass is 10.1. The lowest BCUT2D eigenvalue weighted by molar-refractivity contribution is -0.118. The number of nitrogens with one attached hydrogen (secondary N) is 2. The van der Waals surface area contributed by atoms with Gasteiger partial charge in [0.2, 0.25) is 15.9 Å². The molecule has 2 amide bonds. The number of nitrogens with zero attached hydrogens (tertiary/aromatic N) is 2. The summed E-state index contributed by atoms with van der Waals surface area (Å²) in [5.41, 5.74) is 0.921. The fraction of sp³-hybridized carbons (Fsp3) is 0.174. The van der Waals surface area contributed by atoms with Gasteiger partial charge in [0, 0.05) is 41.3 Å². The van der Waals surface area contributed by atoms with Crippen LogP contribution in [0.2, 0.25) is 4.34 Å². The minimum Gasteiger partial charge on any atom is -0.348 e. The molecule has 4 rings (SSSR count). The van der Waals surface area contributed by atoms with Crippen molar-refractivity contribution < 1.29 is 22.4 Å². The molecule has 3 aromatic rings. The number of benzene rings is 1. The van der Waals surface area contributed by atoms with E-state index in [2.05, 4.69) is 15.0 Å². The van der Waals surface area contributed by atoms with Crippen LogP contribution in [0.25, 0.3) is 6.08 Å². The maximum absolute atomic E-state index is 14.8. The molecule has 1 aromatic carbocycles. The molecule has 0 aliphatic carbocycles. The van der Waals surface area contributed by atoms with Crippen LogP contribution in [0.15, 0.2) is 60.3 Å². The van der Waals surface area contributed by atoms with Crippen LogP contribution in [0.5, 0.6) is 0 Å². The van der Waals surface area contributed by atoms with Crippen molar-refractivity contribution in [3.63, 3.8) is 0 Å². The van der Waals surface area contributed by atoms with Crippen LogP contribution in [0.4, 0.5) is 10.1 Å². The number of pyridine rings is 1. The van der Waals surface area contributed by atoms with Gasteiger partial charge in [0.15, 0.2) is 0 Å². The van der Waals surface area contributed by atoms with Gasteiger partial charge in [-0.3, -0.25) is 14.6 Å². The Balaban J connectivity index is 1.39. The maximum atomic E-state index is 14.8. The van der Waals surface area contributed by atoms with E-state index in [1.54, 1.807) is 36.7 Å². The Labute approximate surface area is 210 Å². The molecule has 1 fully saturated rings. The lowest BCUT2D eigenvalue weighted by Gasteiger charge is -2.18. The first-order valence-electron chi connectivity index (χ1n) is 10.5. The number of sulfonamides is 1. The molecule has 3 heterocycles. The number of aromatic nitrogens is 1. The summed E-state index contributed by atoms with van der Waals surface area (Å²) in [6, 6.07) is 9.60. The first-order valence-corrected chi connectivity index (χ1v) is 13.2. The molecule has 35 heavy (non-hydrogen) atoms. The fourth-order valence-electron chi connectivity index (χ4n) is 3.49. The van der Waals surface area contributed by atoms with E-state index in [0.29, 0.717) is 9.21 Å². The van der Waals surface area contributed by atoms with Crippen LogP contribution in [0.3, 0.4) is 0 Å². The lowest BCUT2D eigenvalue weighted by Crippen LogP contribution is -2.40. The first kappa shape index (κ1) is 25.0. The molecule has 0 radical (unpaired) electrons. The van der Waals surface area contributed by atoms with E-state index >= 15 is 0 Å². The minimum atomic E-state index is -3.91. The third-order valence-corrected chi connectivity index (χ3v) is 7.52. The maximum Gasteiger partial charge on any atom is 0.251 e. The number of hydrogen-bond donors (Lipinski definition) is 2. The number of halogens is 2. The molecule has 12 heteroatoms. The van der Waals surface area contributed by atoms with Gasteiger partial charge in [-0.2, -0.15) is 4.72 Å². The number of amides is 2. The summed E-state index contributed by atoms with van der Waals surface area (Å²) >= 11 is 7.05. The first-order chi connectivity index (χ1) is 16.7. The van der Waals surface area contributed by atoms with Crippen LogP contribution >= 0.6 is 22.9 Å². The quantitative estimate of drug-likeness (QED) is 0.459. The van der Waals surface area contributed by atoms with Gasteiger partial charge in [0.25, 0.3) is 5.91 Å². The van der Waals surface area contributed by atoms with Gasteiger partial charge in [-0.05, 0) is 60.5 Å². The fourth-order valence-corrected chi connectivity index (χ4v) is 5.56. The van der Waals surface area contributed by atoms with Crippen molar-refractivity contribution in [1.82, 2.24) is 15.0 Å². The van der Waals surface area contributed by atoms with E-state index in [0.717, 1.165) is 17.0 Å². The Morgan fingerprint density at radius 2 is 2.00 bits per heavy atom. The predicted molar refractivity (Wildman–Crippen MR) is 133 cm³/mol. The third-order valence-electron chi connectivity index (χ3n) is 5.22. The average Bonchev–Trinajstić information content (AvgIpc) is 3.42. The van der Waals surface area contributed by atoms with E-state index in [4.69, 9.17) is 11.6 Å². The molecule has 8 nitrogen and oxygen atoms in total. The second kappa shape index (κ2) is 10.6. The molecule has 1 aliphatic heterocycles. The van der Waals surface area contributed by atoms with Gasteiger partial charge in [0.1, 0.15) is 11.9 Å². The van der Waals surface area contributed by atoms with Crippen molar-refractivity contribution in [2.24, 2.45) is 0 Å².